The summed E-state index contributed by atoms with van der Waals surface area (Å²) in [4.78, 5) is 11.7. The molecule has 100 valence electrons. The Labute approximate surface area is 107 Å². The minimum absolute atomic E-state index is 0.310. The van der Waals surface area contributed by atoms with Gasteiger partial charge >= 0.3 is 5.97 Å². The summed E-state index contributed by atoms with van der Waals surface area (Å²) in [5, 5.41) is 0. The van der Waals surface area contributed by atoms with Crippen molar-refractivity contribution in [2.75, 3.05) is 6.61 Å². The molecule has 0 fully saturated rings. The smallest absolute Gasteiger partial charge is 0.347 e. The molecule has 1 aromatic carbocycles. The number of hydrogen-bond acceptors (Lipinski definition) is 3. The number of carbonyl (C=O) groups excluding carboxylic acids is 1. The van der Waals surface area contributed by atoms with E-state index in [1.165, 1.54) is 12.1 Å². The Bertz CT molecular complexity index is 404. The van der Waals surface area contributed by atoms with Gasteiger partial charge in [-0.3, -0.25) is 0 Å². The highest BCUT2D eigenvalue weighted by atomic mass is 19.1. The maximum Gasteiger partial charge on any atom is 0.347 e. The van der Waals surface area contributed by atoms with E-state index in [0.717, 1.165) is 12.0 Å². The Hall–Kier alpha value is -1.58. The van der Waals surface area contributed by atoms with Crippen molar-refractivity contribution in [3.05, 3.63) is 29.6 Å². The van der Waals surface area contributed by atoms with Crippen molar-refractivity contribution in [2.24, 2.45) is 0 Å². The maximum atomic E-state index is 13.1. The normalized spacial score (nSPS) is 12.0. The third kappa shape index (κ3) is 4.02. The van der Waals surface area contributed by atoms with Crippen LogP contribution in [0.4, 0.5) is 4.39 Å². The van der Waals surface area contributed by atoms with Crippen LogP contribution in [0.2, 0.25) is 0 Å². The third-order valence-corrected chi connectivity index (χ3v) is 2.52. The van der Waals surface area contributed by atoms with Gasteiger partial charge in [-0.05, 0) is 31.9 Å². The first-order chi connectivity index (χ1) is 8.58. The van der Waals surface area contributed by atoms with E-state index in [9.17, 15) is 9.18 Å². The summed E-state index contributed by atoms with van der Waals surface area (Å²) in [6.07, 6.45) is 0.669. The molecule has 18 heavy (non-hydrogen) atoms. The predicted molar refractivity (Wildman–Crippen MR) is 67.1 cm³/mol. The van der Waals surface area contributed by atoms with E-state index in [1.54, 1.807) is 13.0 Å². The zero-order valence-corrected chi connectivity index (χ0v) is 11.0. The van der Waals surface area contributed by atoms with Crippen LogP contribution in [-0.2, 0) is 9.53 Å². The molecule has 0 aliphatic heterocycles. The van der Waals surface area contributed by atoms with E-state index in [-0.39, 0.29) is 5.82 Å². The maximum absolute atomic E-state index is 13.1. The summed E-state index contributed by atoms with van der Waals surface area (Å²) in [5.41, 5.74) is 0.793. The number of halogens is 1. The van der Waals surface area contributed by atoms with Gasteiger partial charge in [0, 0.05) is 6.07 Å². The summed E-state index contributed by atoms with van der Waals surface area (Å²) in [5.74, 6) is -0.390. The molecule has 0 bridgehead atoms. The van der Waals surface area contributed by atoms with Crippen LogP contribution in [0.1, 0.15) is 32.3 Å². The second-order valence-corrected chi connectivity index (χ2v) is 4.06. The molecule has 1 atom stereocenters. The lowest BCUT2D eigenvalue weighted by Gasteiger charge is -2.18. The summed E-state index contributed by atoms with van der Waals surface area (Å²) in [6, 6.07) is 4.28. The first-order valence-electron chi connectivity index (χ1n) is 6.17. The zero-order valence-electron chi connectivity index (χ0n) is 11.0. The molecular formula is C14H19FO3. The van der Waals surface area contributed by atoms with Crippen LogP contribution >= 0.6 is 0 Å². The van der Waals surface area contributed by atoms with E-state index in [1.807, 2.05) is 13.8 Å². The average Bonchev–Trinajstić information content (AvgIpc) is 2.33. The predicted octanol–water partition coefficient (Wildman–Crippen LogP) is 3.24. The molecule has 0 aliphatic carbocycles. The molecule has 1 aromatic rings. The van der Waals surface area contributed by atoms with Crippen LogP contribution in [0.15, 0.2) is 18.2 Å². The Kier molecular flexibility index (Phi) is 5.62. The standard InChI is InChI=1S/C14H19FO3/c1-4-6-12(14(16)17-5-2)18-13-9-11(15)8-7-10(13)3/h7-9,12H,4-6H2,1-3H3. The molecule has 0 heterocycles. The first-order valence-corrected chi connectivity index (χ1v) is 6.17. The number of ether oxygens (including phenoxy) is 2. The van der Waals surface area contributed by atoms with Crippen molar-refractivity contribution in [1.82, 2.24) is 0 Å². The molecule has 0 aromatic heterocycles. The Morgan fingerprint density at radius 3 is 2.72 bits per heavy atom. The van der Waals surface area contributed by atoms with E-state index in [2.05, 4.69) is 0 Å². The quantitative estimate of drug-likeness (QED) is 0.731. The Balaban J connectivity index is 2.82. The number of rotatable bonds is 6. The number of benzene rings is 1. The summed E-state index contributed by atoms with van der Waals surface area (Å²) >= 11 is 0. The molecule has 3 nitrogen and oxygen atoms in total. The summed E-state index contributed by atoms with van der Waals surface area (Å²) in [7, 11) is 0. The van der Waals surface area contributed by atoms with Crippen molar-refractivity contribution < 1.29 is 18.7 Å². The van der Waals surface area contributed by atoms with Crippen LogP contribution < -0.4 is 4.74 Å². The van der Waals surface area contributed by atoms with Gasteiger partial charge < -0.3 is 9.47 Å². The van der Waals surface area contributed by atoms with E-state index in [4.69, 9.17) is 9.47 Å². The van der Waals surface area contributed by atoms with Gasteiger partial charge in [-0.15, -0.1) is 0 Å². The first kappa shape index (κ1) is 14.5. The molecule has 0 aliphatic rings. The van der Waals surface area contributed by atoms with E-state index >= 15 is 0 Å². The number of hydrogen-bond donors (Lipinski definition) is 0. The highest BCUT2D eigenvalue weighted by molar-refractivity contribution is 5.75. The summed E-state index contributed by atoms with van der Waals surface area (Å²) < 4.78 is 23.6. The molecular weight excluding hydrogens is 235 g/mol. The van der Waals surface area contributed by atoms with Crippen LogP contribution in [0.5, 0.6) is 5.75 Å². The van der Waals surface area contributed by atoms with Crippen LogP contribution in [0, 0.1) is 12.7 Å². The van der Waals surface area contributed by atoms with Gasteiger partial charge in [-0.1, -0.05) is 19.4 Å². The molecule has 0 radical (unpaired) electrons. The SMILES string of the molecule is CCCC(Oc1cc(F)ccc1C)C(=O)OCC. The van der Waals surface area contributed by atoms with Gasteiger partial charge in [0.15, 0.2) is 6.10 Å². The van der Waals surface area contributed by atoms with Crippen LogP contribution in [0.25, 0.3) is 0 Å². The van der Waals surface area contributed by atoms with Gasteiger partial charge in [-0.2, -0.15) is 0 Å². The van der Waals surface area contributed by atoms with Crippen molar-refractivity contribution in [1.29, 1.82) is 0 Å². The molecule has 0 saturated carbocycles. The lowest BCUT2D eigenvalue weighted by Crippen LogP contribution is -2.29. The number of esters is 1. The lowest BCUT2D eigenvalue weighted by molar-refractivity contribution is -0.151. The molecule has 0 spiro atoms. The largest absolute Gasteiger partial charge is 0.478 e. The fourth-order valence-electron chi connectivity index (χ4n) is 1.58. The molecule has 0 saturated heterocycles. The van der Waals surface area contributed by atoms with Gasteiger partial charge in [-0.25, -0.2) is 9.18 Å². The van der Waals surface area contributed by atoms with E-state index in [0.29, 0.717) is 18.8 Å². The molecule has 1 rings (SSSR count). The highest BCUT2D eigenvalue weighted by Crippen LogP contribution is 2.21. The monoisotopic (exact) mass is 254 g/mol. The lowest BCUT2D eigenvalue weighted by atomic mass is 10.2. The second-order valence-electron chi connectivity index (χ2n) is 4.06. The van der Waals surface area contributed by atoms with Crippen molar-refractivity contribution in [3.63, 3.8) is 0 Å². The van der Waals surface area contributed by atoms with Gasteiger partial charge in [0.1, 0.15) is 11.6 Å². The van der Waals surface area contributed by atoms with Gasteiger partial charge in [0.05, 0.1) is 6.61 Å². The van der Waals surface area contributed by atoms with Crippen LogP contribution in [0.3, 0.4) is 0 Å². The molecule has 4 heteroatoms. The average molecular weight is 254 g/mol. The second kappa shape index (κ2) is 6.99. The zero-order chi connectivity index (χ0) is 13.5. The number of aryl methyl sites for hydroxylation is 1. The fourth-order valence-corrected chi connectivity index (χ4v) is 1.58. The van der Waals surface area contributed by atoms with E-state index < -0.39 is 12.1 Å². The highest BCUT2D eigenvalue weighted by Gasteiger charge is 2.21. The topological polar surface area (TPSA) is 35.5 Å². The number of carbonyl (C=O) groups is 1. The minimum Gasteiger partial charge on any atom is -0.478 e. The summed E-state index contributed by atoms with van der Waals surface area (Å²) in [6.45, 7) is 5.82. The Morgan fingerprint density at radius 1 is 1.39 bits per heavy atom. The van der Waals surface area contributed by atoms with Crippen molar-refractivity contribution >= 4 is 5.97 Å². The Morgan fingerprint density at radius 2 is 2.11 bits per heavy atom. The molecule has 1 unspecified atom stereocenters. The fraction of sp³-hybridized carbons (Fsp3) is 0.500. The van der Waals surface area contributed by atoms with Crippen molar-refractivity contribution in [2.45, 2.75) is 39.7 Å². The third-order valence-electron chi connectivity index (χ3n) is 2.52. The van der Waals surface area contributed by atoms with Gasteiger partial charge in [0.25, 0.3) is 0 Å². The van der Waals surface area contributed by atoms with Crippen LogP contribution in [-0.4, -0.2) is 18.7 Å². The van der Waals surface area contributed by atoms with Crippen molar-refractivity contribution in [3.8, 4) is 5.75 Å². The molecule has 0 N–H and O–H groups in total. The molecule has 0 amide bonds. The minimum atomic E-state index is -0.671. The van der Waals surface area contributed by atoms with Gasteiger partial charge in [0.2, 0.25) is 0 Å².